The highest BCUT2D eigenvalue weighted by molar-refractivity contribution is 9.10. The minimum atomic E-state index is -0.631. The quantitative estimate of drug-likeness (QED) is 0.846. The molecule has 100 valence electrons. The van der Waals surface area contributed by atoms with Crippen molar-refractivity contribution in [1.82, 2.24) is 10.3 Å². The number of nitrogens with zero attached hydrogens (tertiary/aromatic N) is 1. The van der Waals surface area contributed by atoms with E-state index in [0.717, 1.165) is 6.20 Å². The van der Waals surface area contributed by atoms with Crippen LogP contribution in [0.5, 0.6) is 0 Å². The van der Waals surface area contributed by atoms with Crippen molar-refractivity contribution in [1.29, 1.82) is 0 Å². The second kappa shape index (κ2) is 5.94. The standard InChI is InChI=1S/C13H10BrClF2N2/c1-18-13(7-4-5-19-6-10(7)16)8-2-3-9(14)11(15)12(8)17/h2-6,13,18H,1H3. The van der Waals surface area contributed by atoms with Crippen LogP contribution in [-0.4, -0.2) is 12.0 Å². The van der Waals surface area contributed by atoms with Crippen molar-refractivity contribution < 1.29 is 8.78 Å². The molecular formula is C13H10BrClF2N2. The first-order valence-corrected chi connectivity index (χ1v) is 6.63. The molecule has 19 heavy (non-hydrogen) atoms. The van der Waals surface area contributed by atoms with Gasteiger partial charge in [0.15, 0.2) is 0 Å². The van der Waals surface area contributed by atoms with E-state index in [1.165, 1.54) is 12.3 Å². The first-order valence-electron chi connectivity index (χ1n) is 5.46. The van der Waals surface area contributed by atoms with Crippen LogP contribution in [0.4, 0.5) is 8.78 Å². The van der Waals surface area contributed by atoms with Gasteiger partial charge in [0.2, 0.25) is 0 Å². The van der Waals surface area contributed by atoms with Gasteiger partial charge in [0.1, 0.15) is 11.6 Å². The first-order chi connectivity index (χ1) is 9.06. The molecule has 1 aromatic carbocycles. The predicted octanol–water partition coefficient (Wildman–Crippen LogP) is 4.08. The van der Waals surface area contributed by atoms with Crippen molar-refractivity contribution in [2.75, 3.05) is 7.05 Å². The normalized spacial score (nSPS) is 12.5. The Balaban J connectivity index is 2.55. The Hall–Kier alpha value is -1.04. The molecule has 0 aliphatic heterocycles. The van der Waals surface area contributed by atoms with Gasteiger partial charge in [0.25, 0.3) is 0 Å². The molecule has 0 spiro atoms. The SMILES string of the molecule is CNC(c1ccncc1F)c1ccc(Br)c(Cl)c1F. The highest BCUT2D eigenvalue weighted by Gasteiger charge is 2.21. The van der Waals surface area contributed by atoms with E-state index in [-0.39, 0.29) is 10.6 Å². The van der Waals surface area contributed by atoms with Crippen LogP contribution in [0.2, 0.25) is 5.02 Å². The lowest BCUT2D eigenvalue weighted by molar-refractivity contribution is 0.544. The topological polar surface area (TPSA) is 24.9 Å². The molecule has 0 amide bonds. The molecule has 1 aromatic heterocycles. The molecule has 0 radical (unpaired) electrons. The summed E-state index contributed by atoms with van der Waals surface area (Å²) in [7, 11) is 1.62. The third-order valence-electron chi connectivity index (χ3n) is 2.78. The lowest BCUT2D eigenvalue weighted by atomic mass is 9.99. The minimum absolute atomic E-state index is 0.0211. The molecule has 1 heterocycles. The van der Waals surface area contributed by atoms with Crippen LogP contribution in [0, 0.1) is 11.6 Å². The summed E-state index contributed by atoms with van der Waals surface area (Å²) < 4.78 is 28.4. The molecule has 2 nitrogen and oxygen atoms in total. The van der Waals surface area contributed by atoms with Crippen LogP contribution in [0.25, 0.3) is 0 Å². The van der Waals surface area contributed by atoms with E-state index < -0.39 is 17.7 Å². The molecule has 0 saturated carbocycles. The zero-order valence-electron chi connectivity index (χ0n) is 9.92. The molecule has 6 heteroatoms. The van der Waals surface area contributed by atoms with E-state index >= 15 is 0 Å². The summed E-state index contributed by atoms with van der Waals surface area (Å²) in [5.74, 6) is -1.08. The number of benzene rings is 1. The van der Waals surface area contributed by atoms with Gasteiger partial charge in [-0.25, -0.2) is 8.78 Å². The van der Waals surface area contributed by atoms with Crippen LogP contribution in [0.15, 0.2) is 35.1 Å². The number of pyridine rings is 1. The van der Waals surface area contributed by atoms with Crippen molar-refractivity contribution >= 4 is 27.5 Å². The van der Waals surface area contributed by atoms with E-state index in [9.17, 15) is 8.78 Å². The summed E-state index contributed by atoms with van der Waals surface area (Å²) >= 11 is 9.00. The van der Waals surface area contributed by atoms with Gasteiger partial charge in [0.05, 0.1) is 17.3 Å². The molecule has 2 rings (SSSR count). The smallest absolute Gasteiger partial charge is 0.148 e. The van der Waals surface area contributed by atoms with Gasteiger partial charge in [-0.1, -0.05) is 17.7 Å². The highest BCUT2D eigenvalue weighted by Crippen LogP contribution is 2.33. The summed E-state index contributed by atoms with van der Waals surface area (Å²) in [4.78, 5) is 3.68. The van der Waals surface area contributed by atoms with Crippen molar-refractivity contribution in [2.24, 2.45) is 0 Å². The Bertz CT molecular complexity index is 607. The second-order valence-corrected chi connectivity index (χ2v) is 5.12. The van der Waals surface area contributed by atoms with Gasteiger partial charge in [0, 0.05) is 21.8 Å². The monoisotopic (exact) mass is 346 g/mol. The summed E-state index contributed by atoms with van der Waals surface area (Å²) in [6.45, 7) is 0. The Morgan fingerprint density at radius 3 is 2.63 bits per heavy atom. The Labute approximate surface area is 122 Å². The van der Waals surface area contributed by atoms with Crippen LogP contribution in [-0.2, 0) is 0 Å². The Morgan fingerprint density at radius 1 is 1.26 bits per heavy atom. The number of halogens is 4. The van der Waals surface area contributed by atoms with E-state index in [4.69, 9.17) is 11.6 Å². The van der Waals surface area contributed by atoms with Crippen molar-refractivity contribution in [2.45, 2.75) is 6.04 Å². The zero-order valence-corrected chi connectivity index (χ0v) is 12.3. The summed E-state index contributed by atoms with van der Waals surface area (Å²) in [5, 5.41) is 2.86. The van der Waals surface area contributed by atoms with E-state index in [0.29, 0.717) is 10.0 Å². The van der Waals surface area contributed by atoms with Crippen molar-refractivity contribution in [3.63, 3.8) is 0 Å². The average Bonchev–Trinajstić information content (AvgIpc) is 2.41. The maximum absolute atomic E-state index is 14.2. The Kier molecular flexibility index (Phi) is 4.50. The molecule has 0 aliphatic rings. The molecule has 0 bridgehead atoms. The fraction of sp³-hybridized carbons (Fsp3) is 0.154. The predicted molar refractivity (Wildman–Crippen MR) is 74.2 cm³/mol. The van der Waals surface area contributed by atoms with E-state index in [1.807, 2.05) is 0 Å². The van der Waals surface area contributed by atoms with Crippen molar-refractivity contribution in [3.8, 4) is 0 Å². The third-order valence-corrected chi connectivity index (χ3v) is 4.04. The van der Waals surface area contributed by atoms with Gasteiger partial charge in [-0.3, -0.25) is 4.98 Å². The van der Waals surface area contributed by atoms with Crippen molar-refractivity contribution in [3.05, 3.63) is 62.8 Å². The van der Waals surface area contributed by atoms with Gasteiger partial charge < -0.3 is 5.32 Å². The van der Waals surface area contributed by atoms with Crippen LogP contribution >= 0.6 is 27.5 Å². The molecule has 0 aliphatic carbocycles. The van der Waals surface area contributed by atoms with Crippen LogP contribution in [0.3, 0.4) is 0 Å². The van der Waals surface area contributed by atoms with E-state index in [1.54, 1.807) is 19.2 Å². The van der Waals surface area contributed by atoms with Gasteiger partial charge in [-0.15, -0.1) is 0 Å². The molecule has 1 atom stereocenters. The van der Waals surface area contributed by atoms with Crippen LogP contribution < -0.4 is 5.32 Å². The fourth-order valence-electron chi connectivity index (χ4n) is 1.86. The van der Waals surface area contributed by atoms with Gasteiger partial charge >= 0.3 is 0 Å². The molecule has 0 fully saturated rings. The molecule has 2 aromatic rings. The number of rotatable bonds is 3. The maximum Gasteiger partial charge on any atom is 0.148 e. The first kappa shape index (κ1) is 14.4. The molecule has 0 saturated heterocycles. The largest absolute Gasteiger partial charge is 0.309 e. The van der Waals surface area contributed by atoms with Gasteiger partial charge in [-0.05, 0) is 35.1 Å². The zero-order chi connectivity index (χ0) is 14.0. The summed E-state index contributed by atoms with van der Waals surface area (Å²) in [5.41, 5.74) is 0.593. The lowest BCUT2D eigenvalue weighted by Gasteiger charge is -2.19. The highest BCUT2D eigenvalue weighted by atomic mass is 79.9. The summed E-state index contributed by atoms with van der Waals surface area (Å²) in [6.07, 6.45) is 2.55. The number of hydrogen-bond acceptors (Lipinski definition) is 2. The summed E-state index contributed by atoms with van der Waals surface area (Å²) in [6, 6.07) is 4.07. The molecular weight excluding hydrogens is 338 g/mol. The third kappa shape index (κ3) is 2.78. The molecule has 1 unspecified atom stereocenters. The average molecular weight is 348 g/mol. The number of hydrogen-bond donors (Lipinski definition) is 1. The van der Waals surface area contributed by atoms with Crippen LogP contribution in [0.1, 0.15) is 17.2 Å². The number of aromatic nitrogens is 1. The number of nitrogens with one attached hydrogen (secondary N) is 1. The molecule has 1 N–H and O–H groups in total. The van der Waals surface area contributed by atoms with E-state index in [2.05, 4.69) is 26.2 Å². The maximum atomic E-state index is 14.2. The van der Waals surface area contributed by atoms with Gasteiger partial charge in [-0.2, -0.15) is 0 Å². The Morgan fingerprint density at radius 2 is 2.00 bits per heavy atom. The second-order valence-electron chi connectivity index (χ2n) is 3.88. The lowest BCUT2D eigenvalue weighted by Crippen LogP contribution is -2.20. The minimum Gasteiger partial charge on any atom is -0.309 e. The fourth-order valence-corrected chi connectivity index (χ4v) is 2.34.